The monoisotopic (exact) mass is 243 g/mol. The van der Waals surface area contributed by atoms with Crippen LogP contribution in [0.4, 0.5) is 0 Å². The molecule has 1 atom stereocenters. The van der Waals surface area contributed by atoms with Gasteiger partial charge in [0, 0.05) is 12.7 Å². The molecule has 0 saturated heterocycles. The third-order valence-corrected chi connectivity index (χ3v) is 2.93. The summed E-state index contributed by atoms with van der Waals surface area (Å²) in [6.07, 6.45) is 9.77. The summed E-state index contributed by atoms with van der Waals surface area (Å²) >= 11 is 5.92. The predicted octanol–water partition coefficient (Wildman–Crippen LogP) is 3.94. The lowest BCUT2D eigenvalue weighted by Gasteiger charge is -2.00. The third-order valence-electron chi connectivity index (χ3n) is 2.70. The number of halogens is 1. The molecule has 4 heteroatoms. The predicted molar refractivity (Wildman–Crippen MR) is 67.7 cm³/mol. The first-order valence-electron chi connectivity index (χ1n) is 6.28. The van der Waals surface area contributed by atoms with E-state index in [-0.39, 0.29) is 5.38 Å². The fourth-order valence-electron chi connectivity index (χ4n) is 1.66. The van der Waals surface area contributed by atoms with E-state index in [1.807, 2.05) is 17.8 Å². The van der Waals surface area contributed by atoms with Gasteiger partial charge in [-0.25, -0.2) is 0 Å². The average Bonchev–Trinajstić information content (AvgIpc) is 2.72. The SMILES string of the molecule is CCCCCCCCn1cc(C(C)Cl)nn1. The number of unbranched alkanes of at least 4 members (excludes halogenated alkanes) is 5. The van der Waals surface area contributed by atoms with Crippen LogP contribution in [0.1, 0.15) is 63.4 Å². The maximum atomic E-state index is 5.92. The van der Waals surface area contributed by atoms with Gasteiger partial charge in [-0.05, 0) is 13.3 Å². The number of hydrogen-bond acceptors (Lipinski definition) is 2. The molecule has 1 heterocycles. The van der Waals surface area contributed by atoms with Crippen molar-refractivity contribution in [3.8, 4) is 0 Å². The molecule has 92 valence electrons. The van der Waals surface area contributed by atoms with Gasteiger partial charge in [-0.2, -0.15) is 0 Å². The van der Waals surface area contributed by atoms with Crippen LogP contribution in [-0.4, -0.2) is 15.0 Å². The van der Waals surface area contributed by atoms with Crippen molar-refractivity contribution in [2.45, 2.75) is 64.3 Å². The first-order chi connectivity index (χ1) is 7.74. The summed E-state index contributed by atoms with van der Waals surface area (Å²) in [5, 5.41) is 8.04. The number of aromatic nitrogens is 3. The molecule has 0 amide bonds. The second-order valence-electron chi connectivity index (χ2n) is 4.29. The first-order valence-corrected chi connectivity index (χ1v) is 6.71. The van der Waals surface area contributed by atoms with E-state index in [0.29, 0.717) is 0 Å². The van der Waals surface area contributed by atoms with Crippen LogP contribution < -0.4 is 0 Å². The average molecular weight is 244 g/mol. The molecular formula is C12H22ClN3. The molecule has 16 heavy (non-hydrogen) atoms. The normalized spacial score (nSPS) is 12.9. The largest absolute Gasteiger partial charge is 0.252 e. The lowest BCUT2D eigenvalue weighted by molar-refractivity contribution is 0.516. The molecule has 1 aromatic rings. The molecule has 1 aromatic heterocycles. The van der Waals surface area contributed by atoms with E-state index in [9.17, 15) is 0 Å². The van der Waals surface area contributed by atoms with E-state index in [2.05, 4.69) is 17.2 Å². The number of hydrogen-bond donors (Lipinski definition) is 0. The standard InChI is InChI=1S/C12H22ClN3/c1-3-4-5-6-7-8-9-16-10-12(11(2)13)14-15-16/h10-11H,3-9H2,1-2H3. The van der Waals surface area contributed by atoms with Gasteiger partial charge >= 0.3 is 0 Å². The van der Waals surface area contributed by atoms with Crippen molar-refractivity contribution < 1.29 is 0 Å². The highest BCUT2D eigenvalue weighted by Gasteiger charge is 2.05. The quantitative estimate of drug-likeness (QED) is 0.512. The van der Waals surface area contributed by atoms with Crippen molar-refractivity contribution in [3.05, 3.63) is 11.9 Å². The van der Waals surface area contributed by atoms with Crippen LogP contribution in [0, 0.1) is 0 Å². The summed E-state index contributed by atoms with van der Waals surface area (Å²) in [6.45, 7) is 5.12. The summed E-state index contributed by atoms with van der Waals surface area (Å²) in [6, 6.07) is 0. The van der Waals surface area contributed by atoms with E-state index < -0.39 is 0 Å². The Kier molecular flexibility index (Phi) is 6.46. The number of nitrogens with zero attached hydrogens (tertiary/aromatic N) is 3. The molecular weight excluding hydrogens is 222 g/mol. The first kappa shape index (κ1) is 13.5. The summed E-state index contributed by atoms with van der Waals surface area (Å²) in [4.78, 5) is 0. The molecule has 0 N–H and O–H groups in total. The minimum atomic E-state index is -0.0432. The molecule has 0 aliphatic rings. The van der Waals surface area contributed by atoms with Crippen molar-refractivity contribution >= 4 is 11.6 Å². The Morgan fingerprint density at radius 1 is 1.25 bits per heavy atom. The van der Waals surface area contributed by atoms with Gasteiger partial charge in [0.05, 0.1) is 5.38 Å². The maximum absolute atomic E-state index is 5.92. The van der Waals surface area contributed by atoms with Gasteiger partial charge in [0.25, 0.3) is 0 Å². The summed E-state index contributed by atoms with van der Waals surface area (Å²) < 4.78 is 1.90. The number of aryl methyl sites for hydroxylation is 1. The van der Waals surface area contributed by atoms with Crippen LogP contribution in [0.25, 0.3) is 0 Å². The topological polar surface area (TPSA) is 30.7 Å². The zero-order valence-electron chi connectivity index (χ0n) is 10.3. The Morgan fingerprint density at radius 3 is 2.56 bits per heavy atom. The molecule has 0 aliphatic heterocycles. The maximum Gasteiger partial charge on any atom is 0.100 e. The van der Waals surface area contributed by atoms with Crippen LogP contribution >= 0.6 is 11.6 Å². The molecule has 1 unspecified atom stereocenters. The number of rotatable bonds is 8. The highest BCUT2D eigenvalue weighted by Crippen LogP contribution is 2.15. The van der Waals surface area contributed by atoms with Crippen LogP contribution in [-0.2, 0) is 6.54 Å². The van der Waals surface area contributed by atoms with Crippen molar-refractivity contribution in [1.29, 1.82) is 0 Å². The Morgan fingerprint density at radius 2 is 1.94 bits per heavy atom. The highest BCUT2D eigenvalue weighted by atomic mass is 35.5. The van der Waals surface area contributed by atoms with Gasteiger partial charge in [-0.3, -0.25) is 4.68 Å². The van der Waals surface area contributed by atoms with Gasteiger partial charge in [-0.1, -0.05) is 44.2 Å². The Hall–Kier alpha value is -0.570. The minimum absolute atomic E-state index is 0.0432. The lowest BCUT2D eigenvalue weighted by atomic mass is 10.1. The molecule has 0 radical (unpaired) electrons. The molecule has 0 bridgehead atoms. The van der Waals surface area contributed by atoms with Crippen LogP contribution in [0.3, 0.4) is 0 Å². The van der Waals surface area contributed by atoms with Crippen molar-refractivity contribution in [2.24, 2.45) is 0 Å². The van der Waals surface area contributed by atoms with E-state index >= 15 is 0 Å². The zero-order valence-corrected chi connectivity index (χ0v) is 11.1. The summed E-state index contributed by atoms with van der Waals surface area (Å²) in [7, 11) is 0. The molecule has 0 aromatic carbocycles. The van der Waals surface area contributed by atoms with Gasteiger partial charge < -0.3 is 0 Å². The van der Waals surface area contributed by atoms with Gasteiger partial charge in [-0.15, -0.1) is 16.7 Å². The lowest BCUT2D eigenvalue weighted by Crippen LogP contribution is -1.98. The third kappa shape index (κ3) is 4.97. The number of alkyl halides is 1. The Labute approximate surface area is 103 Å². The molecule has 0 fully saturated rings. The van der Waals surface area contributed by atoms with E-state index in [4.69, 9.17) is 11.6 Å². The van der Waals surface area contributed by atoms with Gasteiger partial charge in [0.2, 0.25) is 0 Å². The minimum Gasteiger partial charge on any atom is -0.252 e. The Bertz CT molecular complexity index is 284. The van der Waals surface area contributed by atoms with Gasteiger partial charge in [0.15, 0.2) is 0 Å². The van der Waals surface area contributed by atoms with Crippen molar-refractivity contribution in [2.75, 3.05) is 0 Å². The van der Waals surface area contributed by atoms with Gasteiger partial charge in [0.1, 0.15) is 5.69 Å². The zero-order chi connectivity index (χ0) is 11.8. The van der Waals surface area contributed by atoms with Crippen LogP contribution in [0.15, 0.2) is 6.20 Å². The Balaban J connectivity index is 2.12. The van der Waals surface area contributed by atoms with Crippen molar-refractivity contribution in [1.82, 2.24) is 15.0 Å². The fraction of sp³-hybridized carbons (Fsp3) is 0.833. The van der Waals surface area contributed by atoms with E-state index in [0.717, 1.165) is 12.2 Å². The van der Waals surface area contributed by atoms with Crippen LogP contribution in [0.2, 0.25) is 0 Å². The van der Waals surface area contributed by atoms with Crippen LogP contribution in [0.5, 0.6) is 0 Å². The summed E-state index contributed by atoms with van der Waals surface area (Å²) in [5.41, 5.74) is 0.868. The summed E-state index contributed by atoms with van der Waals surface area (Å²) in [5.74, 6) is 0. The van der Waals surface area contributed by atoms with E-state index in [1.54, 1.807) is 0 Å². The van der Waals surface area contributed by atoms with E-state index in [1.165, 1.54) is 38.5 Å². The smallest absolute Gasteiger partial charge is 0.100 e. The highest BCUT2D eigenvalue weighted by molar-refractivity contribution is 6.20. The molecule has 3 nitrogen and oxygen atoms in total. The second-order valence-corrected chi connectivity index (χ2v) is 4.94. The fourth-order valence-corrected chi connectivity index (χ4v) is 1.76. The van der Waals surface area contributed by atoms with Crippen molar-refractivity contribution in [3.63, 3.8) is 0 Å². The molecule has 0 saturated carbocycles. The molecule has 0 spiro atoms. The molecule has 0 aliphatic carbocycles. The second kappa shape index (κ2) is 7.66. The molecule has 1 rings (SSSR count).